The van der Waals surface area contributed by atoms with Crippen LogP contribution in [0.2, 0.25) is 0 Å². The van der Waals surface area contributed by atoms with Crippen molar-refractivity contribution in [2.45, 2.75) is 12.6 Å². The molecule has 0 saturated carbocycles. The molecule has 1 N–H and O–H groups in total. The van der Waals surface area contributed by atoms with Crippen LogP contribution in [0.3, 0.4) is 0 Å². The fourth-order valence-electron chi connectivity index (χ4n) is 2.57. The number of amides is 1. The number of anilines is 1. The summed E-state index contributed by atoms with van der Waals surface area (Å²) in [5, 5.41) is 5.01. The minimum absolute atomic E-state index is 0.0245. The van der Waals surface area contributed by atoms with E-state index in [4.69, 9.17) is 9.47 Å². The molecule has 1 aromatic heterocycles. The summed E-state index contributed by atoms with van der Waals surface area (Å²) < 4.78 is 48.3. The highest BCUT2D eigenvalue weighted by Crippen LogP contribution is 2.32. The van der Waals surface area contributed by atoms with E-state index in [1.165, 1.54) is 37.7 Å². The molecule has 0 saturated heterocycles. The lowest BCUT2D eigenvalue weighted by atomic mass is 10.1. The number of nitrogens with one attached hydrogen (secondary N) is 1. The Balaban J connectivity index is 1.68. The van der Waals surface area contributed by atoms with E-state index in [2.05, 4.69) is 10.3 Å². The number of methoxy groups -OCH3 is 2. The number of hydrogen-bond acceptors (Lipinski definition) is 5. The first-order valence-electron chi connectivity index (χ1n) is 8.43. The number of benzene rings is 2. The highest BCUT2D eigenvalue weighted by atomic mass is 32.1. The van der Waals surface area contributed by atoms with Gasteiger partial charge in [-0.1, -0.05) is 12.1 Å². The molecule has 0 aliphatic heterocycles. The van der Waals surface area contributed by atoms with Crippen LogP contribution in [0.4, 0.5) is 18.9 Å². The van der Waals surface area contributed by atoms with Crippen LogP contribution in [-0.2, 0) is 17.4 Å². The normalized spacial score (nSPS) is 11.2. The zero-order valence-electron chi connectivity index (χ0n) is 15.5. The van der Waals surface area contributed by atoms with Crippen LogP contribution < -0.4 is 14.8 Å². The number of hydrogen-bond donors (Lipinski definition) is 1. The predicted octanol–water partition coefficient (Wildman–Crippen LogP) is 5.03. The second kappa shape index (κ2) is 8.52. The fourth-order valence-corrected chi connectivity index (χ4v) is 3.40. The summed E-state index contributed by atoms with van der Waals surface area (Å²) in [5.41, 5.74) is 0.889. The molecule has 1 heterocycles. The highest BCUT2D eigenvalue weighted by Gasteiger charge is 2.30. The van der Waals surface area contributed by atoms with Gasteiger partial charge in [0.25, 0.3) is 0 Å². The molecule has 0 unspecified atom stereocenters. The van der Waals surface area contributed by atoms with Gasteiger partial charge in [0.15, 0.2) is 0 Å². The second-order valence-corrected chi connectivity index (χ2v) is 6.90. The Bertz CT molecular complexity index is 979. The number of ether oxygens (including phenoxy) is 2. The molecular formula is C20H17F3N2O3S. The molecule has 0 atom stereocenters. The number of thiazole rings is 1. The summed E-state index contributed by atoms with van der Waals surface area (Å²) in [7, 11) is 3.02. The maximum absolute atomic E-state index is 12.7. The Morgan fingerprint density at radius 2 is 1.69 bits per heavy atom. The van der Waals surface area contributed by atoms with Gasteiger partial charge >= 0.3 is 6.18 Å². The van der Waals surface area contributed by atoms with Crippen molar-refractivity contribution in [2.75, 3.05) is 19.5 Å². The number of aromatic nitrogens is 1. The molecule has 0 aliphatic carbocycles. The average molecular weight is 422 g/mol. The molecule has 3 aromatic rings. The van der Waals surface area contributed by atoms with Crippen LogP contribution in [0.15, 0.2) is 47.8 Å². The fraction of sp³-hybridized carbons (Fsp3) is 0.200. The first-order valence-corrected chi connectivity index (χ1v) is 9.31. The molecule has 5 nitrogen and oxygen atoms in total. The third-order valence-electron chi connectivity index (χ3n) is 3.99. The van der Waals surface area contributed by atoms with Gasteiger partial charge in [-0.3, -0.25) is 4.79 Å². The predicted molar refractivity (Wildman–Crippen MR) is 104 cm³/mol. The molecule has 152 valence electrons. The zero-order chi connectivity index (χ0) is 21.0. The molecule has 3 rings (SSSR count). The lowest BCUT2D eigenvalue weighted by Crippen LogP contribution is -2.14. The standard InChI is InChI=1S/C20H17F3N2O3S/c1-27-16-7-14(8-17(10-16)28-2)24-18(26)9-15-11-29-19(25-15)12-3-5-13(6-4-12)20(21,22)23/h3-8,10-11H,9H2,1-2H3,(H,24,26). The van der Waals surface area contributed by atoms with E-state index in [1.807, 2.05) is 0 Å². The van der Waals surface area contributed by atoms with Gasteiger partial charge < -0.3 is 14.8 Å². The Morgan fingerprint density at radius 3 is 2.24 bits per heavy atom. The van der Waals surface area contributed by atoms with Crippen molar-refractivity contribution in [3.05, 3.63) is 59.1 Å². The summed E-state index contributed by atoms with van der Waals surface area (Å²) in [4.78, 5) is 16.7. The maximum Gasteiger partial charge on any atom is 0.416 e. The van der Waals surface area contributed by atoms with Gasteiger partial charge in [0.1, 0.15) is 16.5 Å². The van der Waals surface area contributed by atoms with E-state index in [0.717, 1.165) is 12.1 Å². The van der Waals surface area contributed by atoms with E-state index in [1.54, 1.807) is 23.6 Å². The van der Waals surface area contributed by atoms with Crippen LogP contribution in [0, 0.1) is 0 Å². The van der Waals surface area contributed by atoms with Gasteiger partial charge in [0, 0.05) is 34.8 Å². The van der Waals surface area contributed by atoms with Gasteiger partial charge in [0.05, 0.1) is 31.9 Å². The molecular weight excluding hydrogens is 405 g/mol. The zero-order valence-corrected chi connectivity index (χ0v) is 16.4. The Labute approximate surface area is 169 Å². The van der Waals surface area contributed by atoms with Gasteiger partial charge in [-0.25, -0.2) is 4.98 Å². The summed E-state index contributed by atoms with van der Waals surface area (Å²) in [5.74, 6) is 0.792. The number of nitrogens with zero attached hydrogens (tertiary/aromatic N) is 1. The van der Waals surface area contributed by atoms with E-state index >= 15 is 0 Å². The lowest BCUT2D eigenvalue weighted by Gasteiger charge is -2.09. The number of carbonyl (C=O) groups excluding carboxylic acids is 1. The quantitative estimate of drug-likeness (QED) is 0.606. The molecule has 2 aromatic carbocycles. The summed E-state index contributed by atoms with van der Waals surface area (Å²) in [6.45, 7) is 0. The molecule has 0 radical (unpaired) electrons. The molecule has 0 aliphatic rings. The van der Waals surface area contributed by atoms with Crippen molar-refractivity contribution in [3.8, 4) is 22.1 Å². The Morgan fingerprint density at radius 1 is 1.07 bits per heavy atom. The molecule has 9 heteroatoms. The summed E-state index contributed by atoms with van der Waals surface area (Å²) in [6, 6.07) is 9.78. The Hall–Kier alpha value is -3.07. The third-order valence-corrected chi connectivity index (χ3v) is 4.93. The van der Waals surface area contributed by atoms with Crippen molar-refractivity contribution in [1.82, 2.24) is 4.98 Å². The molecule has 0 fully saturated rings. The monoisotopic (exact) mass is 422 g/mol. The highest BCUT2D eigenvalue weighted by molar-refractivity contribution is 7.13. The van der Waals surface area contributed by atoms with Gasteiger partial charge in [-0.05, 0) is 12.1 Å². The largest absolute Gasteiger partial charge is 0.497 e. The van der Waals surface area contributed by atoms with Crippen molar-refractivity contribution in [2.24, 2.45) is 0 Å². The van der Waals surface area contributed by atoms with Crippen molar-refractivity contribution >= 4 is 22.9 Å². The van der Waals surface area contributed by atoms with E-state index < -0.39 is 11.7 Å². The van der Waals surface area contributed by atoms with Crippen LogP contribution in [0.1, 0.15) is 11.3 Å². The van der Waals surface area contributed by atoms with Crippen LogP contribution in [-0.4, -0.2) is 25.1 Å². The summed E-state index contributed by atoms with van der Waals surface area (Å²) in [6.07, 6.45) is -4.36. The Kier molecular flexibility index (Phi) is 6.07. The second-order valence-electron chi connectivity index (χ2n) is 6.05. The van der Waals surface area contributed by atoms with Crippen molar-refractivity contribution in [3.63, 3.8) is 0 Å². The molecule has 0 bridgehead atoms. The molecule has 1 amide bonds. The maximum atomic E-state index is 12.7. The topological polar surface area (TPSA) is 60.5 Å². The van der Waals surface area contributed by atoms with Gasteiger partial charge in [-0.15, -0.1) is 11.3 Å². The first-order chi connectivity index (χ1) is 13.8. The minimum Gasteiger partial charge on any atom is -0.497 e. The van der Waals surface area contributed by atoms with Gasteiger partial charge in [0.2, 0.25) is 5.91 Å². The summed E-state index contributed by atoms with van der Waals surface area (Å²) >= 11 is 1.26. The van der Waals surface area contributed by atoms with Crippen molar-refractivity contribution < 1.29 is 27.4 Å². The smallest absolute Gasteiger partial charge is 0.416 e. The third kappa shape index (κ3) is 5.26. The number of carbonyl (C=O) groups is 1. The number of rotatable bonds is 6. The SMILES string of the molecule is COc1cc(NC(=O)Cc2csc(-c3ccc(C(F)(F)F)cc3)n2)cc(OC)c1. The molecule has 29 heavy (non-hydrogen) atoms. The minimum atomic E-state index is -4.38. The van der Waals surface area contributed by atoms with Crippen molar-refractivity contribution in [1.29, 1.82) is 0 Å². The lowest BCUT2D eigenvalue weighted by molar-refractivity contribution is -0.137. The van der Waals surface area contributed by atoms with Gasteiger partial charge in [-0.2, -0.15) is 13.2 Å². The van der Waals surface area contributed by atoms with E-state index in [0.29, 0.717) is 33.5 Å². The average Bonchev–Trinajstić information content (AvgIpc) is 3.15. The van der Waals surface area contributed by atoms with Crippen LogP contribution in [0.25, 0.3) is 10.6 Å². The van der Waals surface area contributed by atoms with E-state index in [-0.39, 0.29) is 12.3 Å². The molecule has 0 spiro atoms. The first kappa shape index (κ1) is 20.7. The van der Waals surface area contributed by atoms with Crippen LogP contribution >= 0.6 is 11.3 Å². The number of alkyl halides is 3. The van der Waals surface area contributed by atoms with Crippen LogP contribution in [0.5, 0.6) is 11.5 Å². The van der Waals surface area contributed by atoms with E-state index in [9.17, 15) is 18.0 Å². The number of halogens is 3.